The molecule has 1 fully saturated rings. The highest BCUT2D eigenvalue weighted by atomic mass is 31.2. The van der Waals surface area contributed by atoms with Crippen molar-refractivity contribution in [2.45, 2.75) is 457 Å². The fraction of sp³-hybridized carbons (Fsp3) is 0.927. The van der Waals surface area contributed by atoms with Gasteiger partial charge in [-0.3, -0.25) is 33.3 Å². The second kappa shape index (κ2) is 66.6. The molecule has 19 heteroatoms. The highest BCUT2D eigenvalue weighted by molar-refractivity contribution is 7.46. The van der Waals surface area contributed by atoms with Crippen LogP contribution < -0.4 is 5.32 Å². The number of ketones is 2. The van der Waals surface area contributed by atoms with Gasteiger partial charge < -0.3 is 49.0 Å². The maximum absolute atomic E-state index is 14.8. The van der Waals surface area contributed by atoms with E-state index in [4.69, 9.17) is 28.2 Å². The number of amides is 1. The van der Waals surface area contributed by atoms with E-state index in [1.165, 1.54) is 103 Å². The van der Waals surface area contributed by atoms with E-state index in [-0.39, 0.29) is 69.1 Å². The summed E-state index contributed by atoms with van der Waals surface area (Å²) in [6, 6.07) is -1.60. The van der Waals surface area contributed by atoms with E-state index in [1.54, 1.807) is 0 Å². The largest absolute Gasteiger partial charge is 0.470 e. The molecule has 1 rings (SSSR count). The van der Waals surface area contributed by atoms with E-state index in [0.29, 0.717) is 51.4 Å². The van der Waals surface area contributed by atoms with Crippen LogP contribution in [-0.2, 0) is 61.5 Å². The van der Waals surface area contributed by atoms with Crippen LogP contribution in [0.1, 0.15) is 414 Å². The number of phosphoric ester groups is 1. The first-order chi connectivity index (χ1) is 49.0. The average Bonchev–Trinajstić information content (AvgIpc) is 0.782. The lowest BCUT2D eigenvalue weighted by molar-refractivity contribution is -0.271. The maximum Gasteiger partial charge on any atom is 0.470 e. The van der Waals surface area contributed by atoms with Gasteiger partial charge in [-0.1, -0.05) is 318 Å². The van der Waals surface area contributed by atoms with Crippen LogP contribution in [0.2, 0.25) is 0 Å². The van der Waals surface area contributed by atoms with Gasteiger partial charge in [0.15, 0.2) is 12.4 Å². The molecule has 0 aliphatic carbocycles. The molecule has 1 heterocycles. The first-order valence-corrected chi connectivity index (χ1v) is 43.7. The number of phosphoric acid groups is 1. The van der Waals surface area contributed by atoms with Crippen molar-refractivity contribution in [3.63, 3.8) is 0 Å². The lowest BCUT2D eigenvalue weighted by Crippen LogP contribution is -2.66. The summed E-state index contributed by atoms with van der Waals surface area (Å²) in [5.41, 5.74) is 0. The molecule has 594 valence electrons. The predicted molar refractivity (Wildman–Crippen MR) is 406 cm³/mol. The summed E-state index contributed by atoms with van der Waals surface area (Å²) < 4.78 is 49.5. The number of aliphatic hydroxyl groups excluding tert-OH is 2. The van der Waals surface area contributed by atoms with Crippen LogP contribution in [0.25, 0.3) is 0 Å². The minimum Gasteiger partial charge on any atom is -0.462 e. The monoisotopic (exact) mass is 1460 g/mol. The zero-order valence-corrected chi connectivity index (χ0v) is 66.3. The van der Waals surface area contributed by atoms with Crippen molar-refractivity contribution in [3.8, 4) is 0 Å². The standard InChI is InChI=1S/C82H154NO17P/c1-7-13-19-25-31-34-40-43-49-55-68(72(86)58-52-46-37-28-22-16-10-4)63-78(91)99-81-79(83-75(88)65-71(57-51-45-42-36-33-27-21-15-9-3)97-77(90)60-54-48-39-30-24-18-12-6)82(98-74(67-85)80(81)100-101(92,93)94)95-62-61-69(66-84)73(87)64-70(56-50-44-41-35-32-26-20-14-8-2)96-76(89)59-53-47-38-29-23-17-11-5/h68-71,74,79-82,84-85H,7-67H2,1-6H3,(H,83,88)(H2,92,93,94)/t68-,69+,70-,71-,74-,79-,80-,81-,82?/m1/s1. The van der Waals surface area contributed by atoms with Crippen LogP contribution in [-0.4, -0.2) is 118 Å². The number of Topliss-reactive ketones (excluding diaryl/α,β-unsaturated/α-hetero) is 2. The molecule has 9 atom stereocenters. The third-order valence-corrected chi connectivity index (χ3v) is 20.8. The van der Waals surface area contributed by atoms with Crippen molar-refractivity contribution in [3.05, 3.63) is 0 Å². The predicted octanol–water partition coefficient (Wildman–Crippen LogP) is 20.5. The second-order valence-electron chi connectivity index (χ2n) is 29.8. The smallest absolute Gasteiger partial charge is 0.462 e. The van der Waals surface area contributed by atoms with E-state index >= 15 is 0 Å². The number of rotatable bonds is 74. The van der Waals surface area contributed by atoms with Crippen molar-refractivity contribution < 1.29 is 81.5 Å². The van der Waals surface area contributed by atoms with Gasteiger partial charge in [0.1, 0.15) is 42.0 Å². The molecule has 1 saturated heterocycles. The first-order valence-electron chi connectivity index (χ1n) is 42.2. The molecular weight excluding hydrogens is 1300 g/mol. The quantitative estimate of drug-likeness (QED) is 0.0164. The molecule has 1 amide bonds. The molecule has 0 radical (unpaired) electrons. The zero-order chi connectivity index (χ0) is 74.2. The van der Waals surface area contributed by atoms with E-state index in [1.807, 2.05) is 0 Å². The van der Waals surface area contributed by atoms with Crippen LogP contribution >= 0.6 is 7.82 Å². The molecule has 1 unspecified atom stereocenters. The molecule has 0 aromatic rings. The van der Waals surface area contributed by atoms with Crippen molar-refractivity contribution in [2.75, 3.05) is 19.8 Å². The Labute approximate surface area is 615 Å². The molecule has 101 heavy (non-hydrogen) atoms. The summed E-state index contributed by atoms with van der Waals surface area (Å²) in [5, 5.41) is 24.7. The normalized spacial score (nSPS) is 17.5. The third kappa shape index (κ3) is 53.6. The van der Waals surface area contributed by atoms with Crippen molar-refractivity contribution in [2.24, 2.45) is 11.8 Å². The van der Waals surface area contributed by atoms with Gasteiger partial charge in [0.05, 0.1) is 32.7 Å². The molecular formula is C82H154NO17P. The van der Waals surface area contributed by atoms with Gasteiger partial charge >= 0.3 is 25.7 Å². The number of nitrogens with one attached hydrogen (secondary N) is 1. The Hall–Kier alpha value is -2.83. The number of carbonyl (C=O) groups is 6. The highest BCUT2D eigenvalue weighted by Crippen LogP contribution is 2.43. The van der Waals surface area contributed by atoms with Crippen LogP contribution in [0.4, 0.5) is 0 Å². The van der Waals surface area contributed by atoms with E-state index in [0.717, 1.165) is 173 Å². The molecule has 0 aromatic carbocycles. The van der Waals surface area contributed by atoms with E-state index in [9.17, 15) is 53.3 Å². The SMILES string of the molecule is CCCCCCCCCCC[C@H](CC(=O)N[C@H]1C(OCC[C@@H](CO)C(=O)C[C@@H](CCCCCCCCCCC)OC(=O)CCCCCCCCC)O[C@H](CO)[C@@H](OP(=O)(O)O)[C@@H]1OC(=O)C[C@@H](CCCCCCCCCCC)C(=O)CCCCCCCCC)OC(=O)CCCCCCCCC. The number of aliphatic hydroxyl groups is 2. The number of esters is 3. The van der Waals surface area contributed by atoms with Crippen LogP contribution in [0, 0.1) is 11.8 Å². The fourth-order valence-electron chi connectivity index (χ4n) is 13.9. The topological polar surface area (TPSA) is 268 Å². The molecule has 0 bridgehead atoms. The Morgan fingerprint density at radius 3 is 1.13 bits per heavy atom. The molecule has 0 saturated carbocycles. The first kappa shape index (κ1) is 96.2. The van der Waals surface area contributed by atoms with Gasteiger partial charge in [-0.2, -0.15) is 0 Å². The Balaban J connectivity index is 3.79. The Bertz CT molecular complexity index is 2060. The van der Waals surface area contributed by atoms with Crippen LogP contribution in [0.15, 0.2) is 0 Å². The minimum absolute atomic E-state index is 0.0756. The van der Waals surface area contributed by atoms with E-state index < -0.39 is 93.6 Å². The van der Waals surface area contributed by atoms with Gasteiger partial charge in [0.25, 0.3) is 0 Å². The molecule has 0 aromatic heterocycles. The fourth-order valence-corrected chi connectivity index (χ4v) is 14.5. The second-order valence-corrected chi connectivity index (χ2v) is 31.0. The number of carbonyl (C=O) groups excluding carboxylic acids is 6. The Morgan fingerprint density at radius 1 is 0.396 bits per heavy atom. The summed E-state index contributed by atoms with van der Waals surface area (Å²) in [6.07, 6.45) is 42.8. The van der Waals surface area contributed by atoms with Crippen molar-refractivity contribution in [1.82, 2.24) is 5.32 Å². The summed E-state index contributed by atoms with van der Waals surface area (Å²) in [7, 11) is -5.48. The van der Waals surface area contributed by atoms with Crippen molar-refractivity contribution in [1.29, 1.82) is 0 Å². The van der Waals surface area contributed by atoms with Crippen LogP contribution in [0.5, 0.6) is 0 Å². The Morgan fingerprint density at radius 2 is 0.752 bits per heavy atom. The zero-order valence-electron chi connectivity index (χ0n) is 65.4. The third-order valence-electron chi connectivity index (χ3n) is 20.3. The number of unbranched alkanes of at least 4 members (excludes halogenated alkanes) is 42. The highest BCUT2D eigenvalue weighted by Gasteiger charge is 2.52. The Kier molecular flexibility index (Phi) is 63.4. The van der Waals surface area contributed by atoms with Gasteiger partial charge in [0.2, 0.25) is 5.91 Å². The van der Waals surface area contributed by atoms with Gasteiger partial charge in [-0.15, -0.1) is 0 Å². The number of hydrogen-bond acceptors (Lipinski definition) is 15. The minimum atomic E-state index is -5.48. The summed E-state index contributed by atoms with van der Waals surface area (Å²) in [6.45, 7) is 11.3. The van der Waals surface area contributed by atoms with Gasteiger partial charge in [0, 0.05) is 37.5 Å². The summed E-state index contributed by atoms with van der Waals surface area (Å²) >= 11 is 0. The van der Waals surface area contributed by atoms with Gasteiger partial charge in [-0.25, -0.2) is 4.57 Å². The molecule has 0 spiro atoms. The molecule has 1 aliphatic rings. The van der Waals surface area contributed by atoms with Crippen LogP contribution in [0.3, 0.4) is 0 Å². The summed E-state index contributed by atoms with van der Waals surface area (Å²) in [5.74, 6) is -4.51. The maximum atomic E-state index is 14.8. The summed E-state index contributed by atoms with van der Waals surface area (Å²) in [4.78, 5) is 106. The lowest BCUT2D eigenvalue weighted by Gasteiger charge is -2.45. The van der Waals surface area contributed by atoms with Gasteiger partial charge in [-0.05, 0) is 57.8 Å². The number of hydrogen-bond donors (Lipinski definition) is 5. The average molecular weight is 1460 g/mol. The van der Waals surface area contributed by atoms with E-state index in [2.05, 4.69) is 46.9 Å². The van der Waals surface area contributed by atoms with Crippen molar-refractivity contribution >= 4 is 43.2 Å². The molecule has 18 nitrogen and oxygen atoms in total. The molecule has 5 N–H and O–H groups in total. The molecule has 1 aliphatic heterocycles. The number of ether oxygens (including phenoxy) is 5. The lowest BCUT2D eigenvalue weighted by atomic mass is 9.90.